The Morgan fingerprint density at radius 2 is 1.71 bits per heavy atom. The van der Waals surface area contributed by atoms with Gasteiger partial charge in [-0.15, -0.1) is 11.3 Å². The summed E-state index contributed by atoms with van der Waals surface area (Å²) in [5.74, 6) is 0.518. The van der Waals surface area contributed by atoms with E-state index in [-0.39, 0.29) is 12.1 Å². The second kappa shape index (κ2) is 7.68. The fourth-order valence-corrected chi connectivity index (χ4v) is 4.31. The SMILES string of the molecule is CCc1ccc(-c2csc3nc(-c4ccc(C)cc4)n(CCF)c(=O)c23)cc1. The van der Waals surface area contributed by atoms with E-state index in [0.717, 1.165) is 28.7 Å². The first kappa shape index (κ1) is 18.6. The molecule has 4 rings (SSSR count). The molecule has 0 spiro atoms. The number of hydrogen-bond acceptors (Lipinski definition) is 3. The van der Waals surface area contributed by atoms with Crippen molar-refractivity contribution in [3.8, 4) is 22.5 Å². The normalized spacial score (nSPS) is 11.2. The highest BCUT2D eigenvalue weighted by atomic mass is 32.1. The lowest BCUT2D eigenvalue weighted by Crippen LogP contribution is -2.24. The molecule has 2 aromatic carbocycles. The maximum absolute atomic E-state index is 13.3. The van der Waals surface area contributed by atoms with Gasteiger partial charge in [0.1, 0.15) is 17.3 Å². The number of aromatic nitrogens is 2. The number of aryl methyl sites for hydroxylation is 2. The van der Waals surface area contributed by atoms with Crippen molar-refractivity contribution in [2.24, 2.45) is 0 Å². The largest absolute Gasteiger partial charge is 0.289 e. The summed E-state index contributed by atoms with van der Waals surface area (Å²) < 4.78 is 14.7. The van der Waals surface area contributed by atoms with Gasteiger partial charge >= 0.3 is 0 Å². The summed E-state index contributed by atoms with van der Waals surface area (Å²) in [6.45, 7) is 3.50. The van der Waals surface area contributed by atoms with Gasteiger partial charge in [-0.25, -0.2) is 9.37 Å². The van der Waals surface area contributed by atoms with Gasteiger partial charge in [0.2, 0.25) is 0 Å². The van der Waals surface area contributed by atoms with Crippen molar-refractivity contribution in [3.05, 3.63) is 75.4 Å². The van der Waals surface area contributed by atoms with Crippen LogP contribution in [-0.4, -0.2) is 16.2 Å². The summed E-state index contributed by atoms with van der Waals surface area (Å²) in [6.07, 6.45) is 0.968. The number of halogens is 1. The Morgan fingerprint density at radius 3 is 2.36 bits per heavy atom. The van der Waals surface area contributed by atoms with Gasteiger partial charge in [0, 0.05) is 16.5 Å². The Labute approximate surface area is 167 Å². The highest BCUT2D eigenvalue weighted by molar-refractivity contribution is 7.17. The van der Waals surface area contributed by atoms with Crippen molar-refractivity contribution < 1.29 is 4.39 Å². The number of nitrogens with zero attached hydrogens (tertiary/aromatic N) is 2. The minimum atomic E-state index is -0.614. The van der Waals surface area contributed by atoms with Crippen LogP contribution in [0.25, 0.3) is 32.7 Å². The predicted molar refractivity (Wildman–Crippen MR) is 115 cm³/mol. The van der Waals surface area contributed by atoms with Crippen LogP contribution in [0.2, 0.25) is 0 Å². The fourth-order valence-electron chi connectivity index (χ4n) is 3.37. The topological polar surface area (TPSA) is 34.9 Å². The second-order valence-corrected chi connectivity index (χ2v) is 7.69. The Hall–Kier alpha value is -2.79. The van der Waals surface area contributed by atoms with Gasteiger partial charge in [-0.1, -0.05) is 61.0 Å². The van der Waals surface area contributed by atoms with E-state index in [1.807, 2.05) is 48.7 Å². The number of hydrogen-bond donors (Lipinski definition) is 0. The third-order valence-corrected chi connectivity index (χ3v) is 5.86. The minimum Gasteiger partial charge on any atom is -0.289 e. The van der Waals surface area contributed by atoms with Gasteiger partial charge in [-0.2, -0.15) is 0 Å². The molecule has 4 aromatic rings. The molecule has 0 aliphatic rings. The monoisotopic (exact) mass is 392 g/mol. The number of fused-ring (bicyclic) bond motifs is 1. The molecule has 0 saturated heterocycles. The molecule has 0 unspecified atom stereocenters. The lowest BCUT2D eigenvalue weighted by molar-refractivity contribution is 0.441. The van der Waals surface area contributed by atoms with Crippen LogP contribution in [-0.2, 0) is 13.0 Å². The van der Waals surface area contributed by atoms with Crippen molar-refractivity contribution in [2.75, 3.05) is 6.67 Å². The average molecular weight is 392 g/mol. The standard InChI is InChI=1S/C23H21FN2OS/c1-3-16-6-10-17(11-7-16)19-14-28-22-20(19)23(27)26(13-12-24)21(25-22)18-8-4-15(2)5-9-18/h4-11,14H,3,12-13H2,1-2H3. The zero-order valence-electron chi connectivity index (χ0n) is 15.9. The molecule has 0 radical (unpaired) electrons. The molecule has 0 saturated carbocycles. The van der Waals surface area contributed by atoms with Crippen LogP contribution >= 0.6 is 11.3 Å². The Morgan fingerprint density at radius 1 is 1.04 bits per heavy atom. The maximum atomic E-state index is 13.3. The molecule has 0 fully saturated rings. The van der Waals surface area contributed by atoms with E-state index in [9.17, 15) is 9.18 Å². The molecule has 28 heavy (non-hydrogen) atoms. The van der Waals surface area contributed by atoms with E-state index >= 15 is 0 Å². The first-order valence-corrected chi connectivity index (χ1v) is 10.2. The van der Waals surface area contributed by atoms with E-state index in [4.69, 9.17) is 4.98 Å². The van der Waals surface area contributed by atoms with E-state index in [1.54, 1.807) is 0 Å². The first-order chi connectivity index (χ1) is 13.6. The van der Waals surface area contributed by atoms with Crippen molar-refractivity contribution >= 4 is 21.6 Å². The summed E-state index contributed by atoms with van der Waals surface area (Å²) in [7, 11) is 0. The molecule has 3 nitrogen and oxygen atoms in total. The molecular formula is C23H21FN2OS. The van der Waals surface area contributed by atoms with Gasteiger partial charge in [0.25, 0.3) is 5.56 Å². The van der Waals surface area contributed by atoms with Crippen LogP contribution in [0.4, 0.5) is 4.39 Å². The molecule has 0 aliphatic heterocycles. The molecule has 0 aliphatic carbocycles. The molecule has 0 amide bonds. The Kier molecular flexibility index (Phi) is 5.09. The van der Waals surface area contributed by atoms with Gasteiger partial charge < -0.3 is 0 Å². The lowest BCUT2D eigenvalue weighted by atomic mass is 10.0. The molecule has 0 atom stereocenters. The van der Waals surface area contributed by atoms with E-state index in [0.29, 0.717) is 16.0 Å². The highest BCUT2D eigenvalue weighted by Gasteiger charge is 2.18. The molecule has 2 heterocycles. The summed E-state index contributed by atoms with van der Waals surface area (Å²) in [6, 6.07) is 16.0. The summed E-state index contributed by atoms with van der Waals surface area (Å²) >= 11 is 1.45. The summed E-state index contributed by atoms with van der Waals surface area (Å²) in [4.78, 5) is 18.8. The van der Waals surface area contributed by atoms with Crippen LogP contribution in [0.1, 0.15) is 18.1 Å². The van der Waals surface area contributed by atoms with Crippen LogP contribution in [0.15, 0.2) is 58.7 Å². The molecule has 5 heteroatoms. The summed E-state index contributed by atoms with van der Waals surface area (Å²) in [5, 5.41) is 2.54. The quantitative estimate of drug-likeness (QED) is 0.441. The van der Waals surface area contributed by atoms with Crippen molar-refractivity contribution in [3.63, 3.8) is 0 Å². The molecule has 142 valence electrons. The summed E-state index contributed by atoms with van der Waals surface area (Å²) in [5.41, 5.74) is 4.85. The lowest BCUT2D eigenvalue weighted by Gasteiger charge is -2.12. The van der Waals surface area contributed by atoms with Crippen molar-refractivity contribution in [1.29, 1.82) is 0 Å². The van der Waals surface area contributed by atoms with Gasteiger partial charge in [0.15, 0.2) is 0 Å². The van der Waals surface area contributed by atoms with E-state index in [2.05, 4.69) is 19.1 Å². The smallest absolute Gasteiger partial charge is 0.263 e. The molecule has 0 N–H and O–H groups in total. The third-order valence-electron chi connectivity index (χ3n) is 4.98. The zero-order valence-corrected chi connectivity index (χ0v) is 16.7. The molecular weight excluding hydrogens is 371 g/mol. The Balaban J connectivity index is 1.93. The van der Waals surface area contributed by atoms with Crippen molar-refractivity contribution in [2.45, 2.75) is 26.8 Å². The molecule has 2 aromatic heterocycles. The average Bonchev–Trinajstić information content (AvgIpc) is 3.15. The highest BCUT2D eigenvalue weighted by Crippen LogP contribution is 2.32. The van der Waals surface area contributed by atoms with Crippen LogP contribution < -0.4 is 5.56 Å². The van der Waals surface area contributed by atoms with Gasteiger partial charge in [-0.3, -0.25) is 9.36 Å². The predicted octanol–water partition coefficient (Wildman–Crippen LogP) is 5.63. The third kappa shape index (κ3) is 3.27. The van der Waals surface area contributed by atoms with E-state index in [1.165, 1.54) is 21.5 Å². The fraction of sp³-hybridized carbons (Fsp3) is 0.217. The van der Waals surface area contributed by atoms with E-state index < -0.39 is 6.67 Å². The Bertz CT molecular complexity index is 1170. The number of benzene rings is 2. The number of thiophene rings is 1. The zero-order chi connectivity index (χ0) is 19.7. The maximum Gasteiger partial charge on any atom is 0.263 e. The second-order valence-electron chi connectivity index (χ2n) is 6.83. The van der Waals surface area contributed by atoms with Crippen LogP contribution in [0.3, 0.4) is 0 Å². The van der Waals surface area contributed by atoms with Crippen LogP contribution in [0, 0.1) is 6.92 Å². The van der Waals surface area contributed by atoms with Crippen LogP contribution in [0.5, 0.6) is 0 Å². The first-order valence-electron chi connectivity index (χ1n) is 9.36. The molecule has 0 bridgehead atoms. The minimum absolute atomic E-state index is 0.00492. The number of alkyl halides is 1. The van der Waals surface area contributed by atoms with Gasteiger partial charge in [-0.05, 0) is 24.5 Å². The number of rotatable bonds is 5. The van der Waals surface area contributed by atoms with Crippen molar-refractivity contribution in [1.82, 2.24) is 9.55 Å². The van der Waals surface area contributed by atoms with Gasteiger partial charge in [0.05, 0.1) is 11.9 Å².